The number of halogens is 2. The van der Waals surface area contributed by atoms with Crippen LogP contribution in [-0.2, 0) is 27.7 Å². The van der Waals surface area contributed by atoms with Gasteiger partial charge in [-0.15, -0.1) is 17.7 Å². The second kappa shape index (κ2) is 10.1. The van der Waals surface area contributed by atoms with Crippen LogP contribution in [0, 0.1) is 17.8 Å². The SMILES string of the molecule is Fc1cc[c-]c(COCC2CCCCC2)c1.[Zn+][Br]. The van der Waals surface area contributed by atoms with Crippen LogP contribution < -0.4 is 0 Å². The van der Waals surface area contributed by atoms with E-state index in [2.05, 4.69) is 19.7 Å². The zero-order valence-electron chi connectivity index (χ0n) is 10.6. The van der Waals surface area contributed by atoms with Crippen molar-refractivity contribution in [3.63, 3.8) is 0 Å². The van der Waals surface area contributed by atoms with Crippen LogP contribution in [0.5, 0.6) is 0 Å². The molecule has 0 spiro atoms. The molecule has 18 heavy (non-hydrogen) atoms. The molecule has 1 aliphatic rings. The molecule has 0 radical (unpaired) electrons. The normalized spacial score (nSPS) is 16.0. The molecule has 2 rings (SSSR count). The van der Waals surface area contributed by atoms with Gasteiger partial charge in [0.1, 0.15) is 0 Å². The van der Waals surface area contributed by atoms with E-state index in [4.69, 9.17) is 4.74 Å². The van der Waals surface area contributed by atoms with Gasteiger partial charge >= 0.3 is 30.0 Å². The van der Waals surface area contributed by atoms with Crippen LogP contribution in [0.2, 0.25) is 0 Å². The Balaban J connectivity index is 0.000000771. The van der Waals surface area contributed by atoms with Crippen molar-refractivity contribution >= 4 is 13.6 Å². The summed E-state index contributed by atoms with van der Waals surface area (Å²) in [7, 11) is 0. The first-order valence-corrected chi connectivity index (χ1v) is 13.3. The van der Waals surface area contributed by atoms with E-state index in [0.29, 0.717) is 12.5 Å². The summed E-state index contributed by atoms with van der Waals surface area (Å²) in [6.07, 6.45) is 6.61. The van der Waals surface area contributed by atoms with E-state index < -0.39 is 0 Å². The first-order chi connectivity index (χ1) is 8.84. The van der Waals surface area contributed by atoms with Crippen LogP contribution in [0.4, 0.5) is 4.39 Å². The molecule has 1 aromatic carbocycles. The molecule has 0 aromatic heterocycles. The average molecular weight is 367 g/mol. The number of benzene rings is 1. The van der Waals surface area contributed by atoms with Crippen molar-refractivity contribution in [2.45, 2.75) is 38.7 Å². The van der Waals surface area contributed by atoms with Crippen molar-refractivity contribution in [1.29, 1.82) is 0 Å². The molecule has 1 fully saturated rings. The third-order valence-electron chi connectivity index (χ3n) is 3.16. The molecule has 0 aliphatic heterocycles. The van der Waals surface area contributed by atoms with Crippen LogP contribution in [0.15, 0.2) is 18.2 Å². The van der Waals surface area contributed by atoms with E-state index in [-0.39, 0.29) is 5.82 Å². The van der Waals surface area contributed by atoms with Gasteiger partial charge in [-0.2, -0.15) is 12.1 Å². The van der Waals surface area contributed by atoms with Crippen LogP contribution in [0.1, 0.15) is 37.7 Å². The van der Waals surface area contributed by atoms with Gasteiger partial charge in [0, 0.05) is 19.0 Å². The maximum atomic E-state index is 12.9. The van der Waals surface area contributed by atoms with Crippen LogP contribution in [0.3, 0.4) is 0 Å². The molecule has 4 heteroatoms. The van der Waals surface area contributed by atoms with E-state index >= 15 is 0 Å². The Morgan fingerprint density at radius 3 is 2.72 bits per heavy atom. The summed E-state index contributed by atoms with van der Waals surface area (Å²) in [5.74, 6) is 0.498. The summed E-state index contributed by atoms with van der Waals surface area (Å²) < 4.78 is 18.5. The second-order valence-corrected chi connectivity index (χ2v) is 4.55. The molecule has 96 valence electrons. The number of rotatable bonds is 4. The average Bonchev–Trinajstić information content (AvgIpc) is 2.42. The Labute approximate surface area is 126 Å². The zero-order chi connectivity index (χ0) is 13.2. The zero-order valence-corrected chi connectivity index (χ0v) is 15.2. The molecule has 1 nitrogen and oxygen atoms in total. The van der Waals surface area contributed by atoms with E-state index in [1.807, 2.05) is 0 Å². The summed E-state index contributed by atoms with van der Waals surface area (Å²) in [5.41, 5.74) is 0.802. The second-order valence-electron chi connectivity index (χ2n) is 4.55. The van der Waals surface area contributed by atoms with Crippen molar-refractivity contribution in [2.24, 2.45) is 5.92 Å². The van der Waals surface area contributed by atoms with E-state index in [0.717, 1.165) is 12.2 Å². The topological polar surface area (TPSA) is 9.23 Å². The Hall–Kier alpha value is 0.213. The van der Waals surface area contributed by atoms with Gasteiger partial charge in [0.2, 0.25) is 0 Å². The van der Waals surface area contributed by atoms with Gasteiger partial charge < -0.3 is 4.74 Å². The molecule has 1 aromatic rings. The summed E-state index contributed by atoms with van der Waals surface area (Å²) in [6.45, 7) is 1.29. The van der Waals surface area contributed by atoms with Gasteiger partial charge in [0.15, 0.2) is 0 Å². The Kier molecular flexibility index (Phi) is 9.09. The van der Waals surface area contributed by atoms with Crippen LogP contribution in [-0.4, -0.2) is 6.61 Å². The van der Waals surface area contributed by atoms with E-state index in [1.165, 1.54) is 60.6 Å². The van der Waals surface area contributed by atoms with Crippen molar-refractivity contribution in [3.05, 3.63) is 35.6 Å². The van der Waals surface area contributed by atoms with Crippen LogP contribution in [0.25, 0.3) is 0 Å². The molecule has 0 heterocycles. The molecular formula is C14H18BrFOZn. The van der Waals surface area contributed by atoms with Crippen molar-refractivity contribution in [3.8, 4) is 0 Å². The molecule has 1 aliphatic carbocycles. The first-order valence-electron chi connectivity index (χ1n) is 6.35. The van der Waals surface area contributed by atoms with Crippen LogP contribution >= 0.6 is 13.6 Å². The number of hydrogen-bond acceptors (Lipinski definition) is 1. The standard InChI is InChI=1S/C14H18FO.BrH.Zn/c15-14-8-4-7-13(9-14)11-16-10-12-5-2-1-3-6-12;;/h4,8-9,12H,1-3,5-6,10-11H2;1H;/q-1;;+2/p-1. The minimum absolute atomic E-state index is 0.213. The summed E-state index contributed by atoms with van der Waals surface area (Å²) in [4.78, 5) is 0. The third-order valence-corrected chi connectivity index (χ3v) is 3.16. The van der Waals surface area contributed by atoms with Gasteiger partial charge in [0.05, 0.1) is 0 Å². The Bertz CT molecular complexity index is 329. The minimum atomic E-state index is -0.213. The van der Waals surface area contributed by atoms with Crippen molar-refractivity contribution < 1.29 is 25.5 Å². The van der Waals surface area contributed by atoms with Gasteiger partial charge in [-0.3, -0.25) is 0 Å². The molecule has 0 bridgehead atoms. The fourth-order valence-electron chi connectivity index (χ4n) is 2.26. The summed E-state index contributed by atoms with van der Waals surface area (Å²) >= 11 is 4.25. The molecular weight excluding hydrogens is 348 g/mol. The summed E-state index contributed by atoms with van der Waals surface area (Å²) in [6, 6.07) is 7.48. The Morgan fingerprint density at radius 2 is 2.06 bits per heavy atom. The molecule has 0 saturated heterocycles. The molecule has 0 unspecified atom stereocenters. The molecule has 1 saturated carbocycles. The monoisotopic (exact) mass is 364 g/mol. The fraction of sp³-hybridized carbons (Fsp3) is 0.571. The number of hydrogen-bond donors (Lipinski definition) is 0. The van der Waals surface area contributed by atoms with Gasteiger partial charge in [-0.1, -0.05) is 19.3 Å². The maximum absolute atomic E-state index is 12.9. The molecule has 0 atom stereocenters. The molecule has 0 N–H and O–H groups in total. The first kappa shape index (κ1) is 16.3. The van der Waals surface area contributed by atoms with Gasteiger partial charge in [-0.25, -0.2) is 4.39 Å². The number of ether oxygens (including phenoxy) is 1. The predicted molar refractivity (Wildman–Crippen MR) is 70.4 cm³/mol. The quantitative estimate of drug-likeness (QED) is 0.560. The fourth-order valence-corrected chi connectivity index (χ4v) is 2.26. The third kappa shape index (κ3) is 6.40. The summed E-state index contributed by atoms with van der Waals surface area (Å²) in [5, 5.41) is 0. The molecule has 0 amide bonds. The van der Waals surface area contributed by atoms with Crippen molar-refractivity contribution in [1.82, 2.24) is 0 Å². The van der Waals surface area contributed by atoms with E-state index in [9.17, 15) is 4.39 Å². The van der Waals surface area contributed by atoms with Crippen molar-refractivity contribution in [2.75, 3.05) is 6.61 Å². The van der Waals surface area contributed by atoms with Gasteiger partial charge in [0.25, 0.3) is 0 Å². The van der Waals surface area contributed by atoms with E-state index in [1.54, 1.807) is 6.07 Å². The van der Waals surface area contributed by atoms with Gasteiger partial charge in [-0.05, 0) is 18.8 Å². The predicted octanol–water partition coefficient (Wildman–Crippen LogP) is 4.57. The Morgan fingerprint density at radius 1 is 1.33 bits per heavy atom.